The van der Waals surface area contributed by atoms with Crippen molar-refractivity contribution in [2.24, 2.45) is 0 Å². The minimum atomic E-state index is -2.84. The van der Waals surface area contributed by atoms with Gasteiger partial charge in [-0.2, -0.15) is 8.78 Å². The number of ether oxygens (including phenoxy) is 1. The van der Waals surface area contributed by atoms with Crippen LogP contribution in [-0.2, 0) is 6.54 Å². The van der Waals surface area contributed by atoms with Crippen LogP contribution in [0.5, 0.6) is 5.75 Å². The molecule has 2 aromatic rings. The average molecular weight is 343 g/mol. The zero-order valence-corrected chi connectivity index (χ0v) is 12.3. The Morgan fingerprint density at radius 2 is 2.15 bits per heavy atom. The van der Waals surface area contributed by atoms with Gasteiger partial charge in [-0.05, 0) is 36.8 Å². The lowest BCUT2D eigenvalue weighted by Crippen LogP contribution is -2.08. The molecule has 0 radical (unpaired) electrons. The average Bonchev–Trinajstić information content (AvgIpc) is 2.40. The van der Waals surface area contributed by atoms with Crippen LogP contribution in [0, 0.1) is 6.92 Å². The van der Waals surface area contributed by atoms with Crippen molar-refractivity contribution in [2.75, 3.05) is 5.32 Å². The fraction of sp³-hybridized carbons (Fsp3) is 0.214. The van der Waals surface area contributed by atoms with Gasteiger partial charge in [0.2, 0.25) is 0 Å². The lowest BCUT2D eigenvalue weighted by atomic mass is 10.2. The molecule has 106 valence electrons. The molecular formula is C14H13BrF2N2O. The molecule has 2 rings (SSSR count). The van der Waals surface area contributed by atoms with Gasteiger partial charge in [0, 0.05) is 22.8 Å². The van der Waals surface area contributed by atoms with E-state index in [1.807, 2.05) is 13.0 Å². The largest absolute Gasteiger partial charge is 0.434 e. The number of hydrogen-bond donors (Lipinski definition) is 1. The summed E-state index contributed by atoms with van der Waals surface area (Å²) in [5, 5.41) is 3.16. The fourth-order valence-corrected chi connectivity index (χ4v) is 2.15. The summed E-state index contributed by atoms with van der Waals surface area (Å²) in [6.45, 7) is -0.523. The molecular weight excluding hydrogens is 330 g/mol. The molecule has 0 saturated carbocycles. The van der Waals surface area contributed by atoms with Crippen molar-refractivity contribution < 1.29 is 13.5 Å². The van der Waals surface area contributed by atoms with E-state index in [-0.39, 0.29) is 5.75 Å². The number of rotatable bonds is 5. The Kier molecular flexibility index (Phi) is 4.89. The number of halogens is 3. The van der Waals surface area contributed by atoms with Gasteiger partial charge in [-0.3, -0.25) is 4.98 Å². The van der Waals surface area contributed by atoms with Gasteiger partial charge >= 0.3 is 6.61 Å². The van der Waals surface area contributed by atoms with Crippen LogP contribution in [0.3, 0.4) is 0 Å². The first-order chi connectivity index (χ1) is 9.56. The number of pyridine rings is 1. The van der Waals surface area contributed by atoms with Crippen LogP contribution in [0.1, 0.15) is 11.1 Å². The minimum absolute atomic E-state index is 0.164. The monoisotopic (exact) mass is 342 g/mol. The molecule has 0 saturated heterocycles. The van der Waals surface area contributed by atoms with E-state index in [2.05, 4.69) is 31.0 Å². The maximum atomic E-state index is 12.4. The van der Waals surface area contributed by atoms with Gasteiger partial charge in [0.05, 0.1) is 11.9 Å². The third kappa shape index (κ3) is 3.90. The second-order valence-corrected chi connectivity index (χ2v) is 5.09. The molecule has 0 atom stereocenters. The molecule has 20 heavy (non-hydrogen) atoms. The highest BCUT2D eigenvalue weighted by molar-refractivity contribution is 9.10. The van der Waals surface area contributed by atoms with Crippen LogP contribution < -0.4 is 10.1 Å². The van der Waals surface area contributed by atoms with E-state index in [0.717, 1.165) is 15.7 Å². The lowest BCUT2D eigenvalue weighted by Gasteiger charge is -2.13. The summed E-state index contributed by atoms with van der Waals surface area (Å²) in [5.41, 5.74) is 2.53. The fourth-order valence-electron chi connectivity index (χ4n) is 1.74. The Morgan fingerprint density at radius 3 is 2.85 bits per heavy atom. The van der Waals surface area contributed by atoms with Gasteiger partial charge in [0.1, 0.15) is 5.75 Å². The molecule has 0 aliphatic heterocycles. The van der Waals surface area contributed by atoms with Crippen LogP contribution in [0.25, 0.3) is 0 Å². The van der Waals surface area contributed by atoms with Crippen LogP contribution in [0.15, 0.2) is 41.1 Å². The van der Waals surface area contributed by atoms with Gasteiger partial charge in [0.25, 0.3) is 0 Å². The number of nitrogens with one attached hydrogen (secondary N) is 1. The molecule has 0 spiro atoms. The highest BCUT2D eigenvalue weighted by Gasteiger charge is 2.10. The Morgan fingerprint density at radius 1 is 1.35 bits per heavy atom. The molecule has 1 heterocycles. The van der Waals surface area contributed by atoms with Crippen molar-refractivity contribution in [2.45, 2.75) is 20.1 Å². The molecule has 3 nitrogen and oxygen atoms in total. The maximum absolute atomic E-state index is 12.4. The van der Waals surface area contributed by atoms with Crippen LogP contribution in [0.4, 0.5) is 14.5 Å². The molecule has 0 aliphatic carbocycles. The highest BCUT2D eigenvalue weighted by atomic mass is 79.9. The minimum Gasteiger partial charge on any atom is -0.434 e. The zero-order chi connectivity index (χ0) is 14.5. The summed E-state index contributed by atoms with van der Waals surface area (Å²) < 4.78 is 30.0. The molecule has 1 aromatic carbocycles. The molecule has 1 N–H and O–H groups in total. The van der Waals surface area contributed by atoms with E-state index in [9.17, 15) is 8.78 Å². The summed E-state index contributed by atoms with van der Waals surface area (Å²) in [5.74, 6) is 0.164. The molecule has 0 amide bonds. The molecule has 6 heteroatoms. The second-order valence-electron chi connectivity index (χ2n) is 4.17. The number of anilines is 1. The van der Waals surface area contributed by atoms with E-state index in [0.29, 0.717) is 12.1 Å². The van der Waals surface area contributed by atoms with Gasteiger partial charge in [0.15, 0.2) is 0 Å². The van der Waals surface area contributed by atoms with Crippen LogP contribution in [0.2, 0.25) is 0 Å². The highest BCUT2D eigenvalue weighted by Crippen LogP contribution is 2.26. The summed E-state index contributed by atoms with van der Waals surface area (Å²) in [6.07, 6.45) is 3.39. The van der Waals surface area contributed by atoms with E-state index in [4.69, 9.17) is 0 Å². The first-order valence-corrected chi connectivity index (χ1v) is 6.73. The van der Waals surface area contributed by atoms with Crippen LogP contribution >= 0.6 is 15.9 Å². The molecule has 0 bridgehead atoms. The van der Waals surface area contributed by atoms with Gasteiger partial charge in [-0.25, -0.2) is 0 Å². The predicted octanol–water partition coefficient (Wildman–Crippen LogP) is 4.37. The van der Waals surface area contributed by atoms with Crippen molar-refractivity contribution >= 4 is 21.6 Å². The quantitative estimate of drug-likeness (QED) is 0.876. The third-order valence-electron chi connectivity index (χ3n) is 2.75. The van der Waals surface area contributed by atoms with Crippen molar-refractivity contribution in [3.05, 3.63) is 52.3 Å². The zero-order valence-electron chi connectivity index (χ0n) is 10.7. The van der Waals surface area contributed by atoms with E-state index < -0.39 is 6.61 Å². The van der Waals surface area contributed by atoms with E-state index in [1.165, 1.54) is 6.07 Å². The van der Waals surface area contributed by atoms with Crippen LogP contribution in [-0.4, -0.2) is 11.6 Å². The summed E-state index contributed by atoms with van der Waals surface area (Å²) >= 11 is 3.32. The Balaban J connectivity index is 2.16. The number of aromatic nitrogens is 1. The second kappa shape index (κ2) is 6.65. The van der Waals surface area contributed by atoms with Gasteiger partial charge in [-0.15, -0.1) is 0 Å². The number of alkyl halides is 2. The predicted molar refractivity (Wildman–Crippen MR) is 77.1 cm³/mol. The summed E-state index contributed by atoms with van der Waals surface area (Å²) in [4.78, 5) is 4.02. The van der Waals surface area contributed by atoms with Crippen molar-refractivity contribution in [1.82, 2.24) is 4.98 Å². The third-order valence-corrected chi connectivity index (χ3v) is 3.24. The Bertz CT molecular complexity index is 593. The van der Waals surface area contributed by atoms with Crippen molar-refractivity contribution in [1.29, 1.82) is 0 Å². The first kappa shape index (κ1) is 14.7. The SMILES string of the molecule is Cc1ccncc1NCc1cc(Br)ccc1OC(F)F. The number of hydrogen-bond acceptors (Lipinski definition) is 3. The molecule has 0 unspecified atom stereocenters. The van der Waals surface area contributed by atoms with Crippen molar-refractivity contribution in [3.63, 3.8) is 0 Å². The summed E-state index contributed by atoms with van der Waals surface area (Å²) in [7, 11) is 0. The Labute approximate surface area is 124 Å². The molecule has 1 aromatic heterocycles. The topological polar surface area (TPSA) is 34.2 Å². The first-order valence-electron chi connectivity index (χ1n) is 5.94. The lowest BCUT2D eigenvalue weighted by molar-refractivity contribution is -0.0504. The number of benzene rings is 1. The normalized spacial score (nSPS) is 10.7. The van der Waals surface area contributed by atoms with E-state index in [1.54, 1.807) is 24.5 Å². The number of nitrogens with zero attached hydrogens (tertiary/aromatic N) is 1. The van der Waals surface area contributed by atoms with E-state index >= 15 is 0 Å². The molecule has 0 aliphatic rings. The number of aryl methyl sites for hydroxylation is 1. The molecule has 0 fully saturated rings. The van der Waals surface area contributed by atoms with Gasteiger partial charge < -0.3 is 10.1 Å². The standard InChI is InChI=1S/C14H13BrF2N2O/c1-9-4-5-18-8-12(9)19-7-10-6-11(15)2-3-13(10)20-14(16)17/h2-6,8,14,19H,7H2,1H3. The summed E-state index contributed by atoms with van der Waals surface area (Å²) in [6, 6.07) is 6.80. The maximum Gasteiger partial charge on any atom is 0.387 e. The van der Waals surface area contributed by atoms with Crippen molar-refractivity contribution in [3.8, 4) is 5.75 Å². The van der Waals surface area contributed by atoms with Gasteiger partial charge in [-0.1, -0.05) is 15.9 Å². The smallest absolute Gasteiger partial charge is 0.387 e. The Hall–Kier alpha value is -1.69.